The molecule has 0 spiro atoms. The molecule has 1 N–H and O–H groups in total. The Hall–Kier alpha value is -1.88. The molecular weight excluding hydrogens is 240 g/mol. The van der Waals surface area contributed by atoms with Crippen molar-refractivity contribution in [3.8, 4) is 6.01 Å². The zero-order valence-electron chi connectivity index (χ0n) is 9.22. The van der Waals surface area contributed by atoms with Crippen LogP contribution in [0.5, 0.6) is 6.01 Å². The maximum atomic E-state index is 5.73. The summed E-state index contributed by atoms with van der Waals surface area (Å²) in [6.07, 6.45) is 0. The quantitative estimate of drug-likeness (QED) is 0.901. The molecule has 0 saturated carbocycles. The second-order valence-electron chi connectivity index (χ2n) is 3.23. The minimum atomic E-state index is 0.104. The van der Waals surface area contributed by atoms with Crippen molar-refractivity contribution in [2.45, 2.75) is 6.61 Å². The predicted molar refractivity (Wildman–Crippen MR) is 65.2 cm³/mol. The highest BCUT2D eigenvalue weighted by Crippen LogP contribution is 2.12. The molecule has 0 unspecified atom stereocenters. The highest BCUT2D eigenvalue weighted by Gasteiger charge is 2.04. The molecule has 0 radical (unpaired) electrons. The summed E-state index contributed by atoms with van der Waals surface area (Å²) in [7, 11) is 1.70. The molecule has 0 aliphatic carbocycles. The average molecular weight is 251 g/mol. The van der Waals surface area contributed by atoms with Gasteiger partial charge in [0.25, 0.3) is 0 Å². The summed E-state index contributed by atoms with van der Waals surface area (Å²) in [6, 6.07) is 9.96. The van der Waals surface area contributed by atoms with E-state index in [2.05, 4.69) is 20.3 Å². The number of rotatable bonds is 4. The third kappa shape index (κ3) is 3.29. The minimum absolute atomic E-state index is 0.104. The van der Waals surface area contributed by atoms with Gasteiger partial charge in [-0.15, -0.1) is 0 Å². The molecule has 5 nitrogen and oxygen atoms in total. The van der Waals surface area contributed by atoms with Crippen molar-refractivity contribution in [1.82, 2.24) is 15.0 Å². The van der Waals surface area contributed by atoms with Crippen LogP contribution in [0.3, 0.4) is 0 Å². The Kier molecular flexibility index (Phi) is 3.72. The van der Waals surface area contributed by atoms with Crippen molar-refractivity contribution < 1.29 is 4.74 Å². The summed E-state index contributed by atoms with van der Waals surface area (Å²) in [5.74, 6) is 0.382. The van der Waals surface area contributed by atoms with Crippen molar-refractivity contribution in [2.75, 3.05) is 12.4 Å². The van der Waals surface area contributed by atoms with E-state index in [0.717, 1.165) is 5.56 Å². The summed E-state index contributed by atoms with van der Waals surface area (Å²) < 4.78 is 5.43. The van der Waals surface area contributed by atoms with Gasteiger partial charge in [0.2, 0.25) is 11.2 Å². The standard InChI is InChI=1S/C11H11ClN4O/c1-13-10-14-9(12)15-11(16-10)17-7-8-5-3-2-4-6-8/h2-6H,7H2,1H3,(H,13,14,15,16). The van der Waals surface area contributed by atoms with Gasteiger partial charge in [0.15, 0.2) is 0 Å². The van der Waals surface area contributed by atoms with Crippen LogP contribution in [-0.2, 0) is 6.61 Å². The zero-order valence-corrected chi connectivity index (χ0v) is 9.98. The Labute approximate surface area is 104 Å². The van der Waals surface area contributed by atoms with Crippen molar-refractivity contribution in [3.63, 3.8) is 0 Å². The third-order valence-electron chi connectivity index (χ3n) is 2.02. The fraction of sp³-hybridized carbons (Fsp3) is 0.182. The molecule has 0 aliphatic heterocycles. The largest absolute Gasteiger partial charge is 0.458 e. The van der Waals surface area contributed by atoms with Gasteiger partial charge in [-0.3, -0.25) is 0 Å². The van der Waals surface area contributed by atoms with E-state index in [1.807, 2.05) is 30.3 Å². The smallest absolute Gasteiger partial charge is 0.322 e. The Morgan fingerprint density at radius 1 is 1.18 bits per heavy atom. The Bertz CT molecular complexity index is 492. The zero-order chi connectivity index (χ0) is 12.1. The third-order valence-corrected chi connectivity index (χ3v) is 2.19. The lowest BCUT2D eigenvalue weighted by molar-refractivity contribution is 0.280. The van der Waals surface area contributed by atoms with E-state index in [1.165, 1.54) is 0 Å². The van der Waals surface area contributed by atoms with Gasteiger partial charge in [-0.25, -0.2) is 0 Å². The van der Waals surface area contributed by atoms with E-state index in [0.29, 0.717) is 12.6 Å². The Morgan fingerprint density at radius 2 is 1.94 bits per heavy atom. The molecular formula is C11H11ClN4O. The normalized spacial score (nSPS) is 10.0. The monoisotopic (exact) mass is 250 g/mol. The fourth-order valence-electron chi connectivity index (χ4n) is 1.23. The SMILES string of the molecule is CNc1nc(Cl)nc(OCc2ccccc2)n1. The first-order valence-electron chi connectivity index (χ1n) is 5.04. The van der Waals surface area contributed by atoms with Gasteiger partial charge in [0.1, 0.15) is 6.61 Å². The molecule has 0 aliphatic rings. The van der Waals surface area contributed by atoms with E-state index in [4.69, 9.17) is 16.3 Å². The average Bonchev–Trinajstić information content (AvgIpc) is 2.37. The predicted octanol–water partition coefficient (Wildman–Crippen LogP) is 2.15. The van der Waals surface area contributed by atoms with Crippen LogP contribution >= 0.6 is 11.6 Å². The van der Waals surface area contributed by atoms with Gasteiger partial charge in [-0.1, -0.05) is 30.3 Å². The number of hydrogen-bond acceptors (Lipinski definition) is 5. The van der Waals surface area contributed by atoms with Crippen molar-refractivity contribution in [3.05, 3.63) is 41.2 Å². The molecule has 0 fully saturated rings. The minimum Gasteiger partial charge on any atom is -0.458 e. The van der Waals surface area contributed by atoms with E-state index in [1.54, 1.807) is 7.05 Å². The fourth-order valence-corrected chi connectivity index (χ4v) is 1.38. The van der Waals surface area contributed by atoms with Crippen LogP contribution in [0.2, 0.25) is 5.28 Å². The lowest BCUT2D eigenvalue weighted by Gasteiger charge is -2.05. The van der Waals surface area contributed by atoms with Crippen molar-refractivity contribution in [2.24, 2.45) is 0 Å². The van der Waals surface area contributed by atoms with Crippen LogP contribution in [-0.4, -0.2) is 22.0 Å². The molecule has 2 rings (SSSR count). The van der Waals surface area contributed by atoms with Gasteiger partial charge in [-0.05, 0) is 17.2 Å². The number of ether oxygens (including phenoxy) is 1. The van der Waals surface area contributed by atoms with Crippen LogP contribution in [0.1, 0.15) is 5.56 Å². The van der Waals surface area contributed by atoms with Gasteiger partial charge < -0.3 is 10.1 Å². The molecule has 88 valence electrons. The lowest BCUT2D eigenvalue weighted by atomic mass is 10.2. The first-order chi connectivity index (χ1) is 8.28. The van der Waals surface area contributed by atoms with Crippen LogP contribution in [0, 0.1) is 0 Å². The summed E-state index contributed by atoms with van der Waals surface area (Å²) in [6.45, 7) is 0.393. The number of nitrogens with zero attached hydrogens (tertiary/aromatic N) is 3. The number of nitrogens with one attached hydrogen (secondary N) is 1. The van der Waals surface area contributed by atoms with E-state index < -0.39 is 0 Å². The summed E-state index contributed by atoms with van der Waals surface area (Å²) in [4.78, 5) is 11.8. The van der Waals surface area contributed by atoms with Crippen molar-refractivity contribution in [1.29, 1.82) is 0 Å². The number of benzene rings is 1. The molecule has 0 bridgehead atoms. The van der Waals surface area contributed by atoms with Crippen molar-refractivity contribution >= 4 is 17.5 Å². The first kappa shape index (κ1) is 11.6. The van der Waals surface area contributed by atoms with E-state index in [-0.39, 0.29) is 11.3 Å². The summed E-state index contributed by atoms with van der Waals surface area (Å²) in [5.41, 5.74) is 1.04. The van der Waals surface area contributed by atoms with Gasteiger partial charge in [0.05, 0.1) is 0 Å². The van der Waals surface area contributed by atoms with E-state index >= 15 is 0 Å². The Morgan fingerprint density at radius 3 is 2.65 bits per heavy atom. The van der Waals surface area contributed by atoms with Crippen LogP contribution in [0.15, 0.2) is 30.3 Å². The molecule has 0 amide bonds. The molecule has 1 aromatic heterocycles. The molecule has 6 heteroatoms. The second-order valence-corrected chi connectivity index (χ2v) is 3.57. The van der Waals surface area contributed by atoms with E-state index in [9.17, 15) is 0 Å². The highest BCUT2D eigenvalue weighted by atomic mass is 35.5. The molecule has 1 aromatic carbocycles. The number of aromatic nitrogens is 3. The molecule has 2 aromatic rings. The summed E-state index contributed by atoms with van der Waals surface area (Å²) in [5, 5.41) is 2.88. The summed E-state index contributed by atoms with van der Waals surface area (Å²) >= 11 is 5.73. The second kappa shape index (κ2) is 5.45. The number of hydrogen-bond donors (Lipinski definition) is 1. The first-order valence-corrected chi connectivity index (χ1v) is 5.42. The maximum absolute atomic E-state index is 5.73. The number of halogens is 1. The van der Waals surface area contributed by atoms with Crippen LogP contribution < -0.4 is 10.1 Å². The van der Waals surface area contributed by atoms with Crippen LogP contribution in [0.4, 0.5) is 5.95 Å². The topological polar surface area (TPSA) is 59.9 Å². The molecule has 0 saturated heterocycles. The molecule has 1 heterocycles. The van der Waals surface area contributed by atoms with Crippen LogP contribution in [0.25, 0.3) is 0 Å². The van der Waals surface area contributed by atoms with Gasteiger partial charge >= 0.3 is 6.01 Å². The van der Waals surface area contributed by atoms with Gasteiger partial charge in [0, 0.05) is 7.05 Å². The maximum Gasteiger partial charge on any atom is 0.322 e. The lowest BCUT2D eigenvalue weighted by Crippen LogP contribution is -2.04. The Balaban J connectivity index is 2.06. The van der Waals surface area contributed by atoms with Gasteiger partial charge in [-0.2, -0.15) is 15.0 Å². The number of anilines is 1. The highest BCUT2D eigenvalue weighted by molar-refractivity contribution is 6.28. The molecule has 17 heavy (non-hydrogen) atoms. The molecule has 0 atom stereocenters.